The van der Waals surface area contributed by atoms with Crippen molar-refractivity contribution in [2.24, 2.45) is 9.98 Å². The summed E-state index contributed by atoms with van der Waals surface area (Å²) in [6.07, 6.45) is 0. The second-order valence-corrected chi connectivity index (χ2v) is 6.61. The maximum Gasteiger partial charge on any atom is 0.176 e. The molecule has 128 valence electrons. The number of benzene rings is 3. The highest BCUT2D eigenvalue weighted by Gasteiger charge is 2.34. The Morgan fingerprint density at radius 1 is 0.731 bits per heavy atom. The Labute approximate surface area is 154 Å². The molecular formula is C23H21N3. The Hall–Kier alpha value is -3.20. The third kappa shape index (κ3) is 3.04. The molecule has 4 rings (SSSR count). The van der Waals surface area contributed by atoms with Crippen molar-refractivity contribution in [3.63, 3.8) is 0 Å². The van der Waals surface area contributed by atoms with Crippen LogP contribution >= 0.6 is 0 Å². The van der Waals surface area contributed by atoms with Gasteiger partial charge in [0.1, 0.15) is 5.71 Å². The molecule has 0 amide bonds. The maximum absolute atomic E-state index is 5.02. The van der Waals surface area contributed by atoms with E-state index in [4.69, 9.17) is 9.98 Å². The fraction of sp³-hybridized carbons (Fsp3) is 0.130. The van der Waals surface area contributed by atoms with Crippen LogP contribution in [-0.2, 0) is 5.66 Å². The Kier molecular flexibility index (Phi) is 4.13. The van der Waals surface area contributed by atoms with E-state index in [2.05, 4.69) is 55.6 Å². The number of para-hydroxylation sites is 1. The molecule has 3 nitrogen and oxygen atoms in total. The Bertz CT molecular complexity index is 975. The van der Waals surface area contributed by atoms with Gasteiger partial charge in [-0.2, -0.15) is 0 Å². The molecule has 0 bridgehead atoms. The van der Waals surface area contributed by atoms with E-state index in [1.165, 1.54) is 5.56 Å². The molecule has 1 heterocycles. The van der Waals surface area contributed by atoms with Crippen LogP contribution in [-0.4, -0.2) is 11.5 Å². The zero-order valence-electron chi connectivity index (χ0n) is 15.0. The molecule has 0 fully saturated rings. The number of aryl methyl sites for hydroxylation is 1. The Balaban J connectivity index is 1.80. The summed E-state index contributed by atoms with van der Waals surface area (Å²) in [5, 5.41) is 3.50. The van der Waals surface area contributed by atoms with Gasteiger partial charge >= 0.3 is 0 Å². The minimum Gasteiger partial charge on any atom is -0.338 e. The Morgan fingerprint density at radius 2 is 1.35 bits per heavy atom. The lowest BCUT2D eigenvalue weighted by Crippen LogP contribution is -2.22. The SMILES string of the molecule is Cc1ccccc1NC1=NC(C)(c2ccccc2)N=C1c1ccccc1. The van der Waals surface area contributed by atoms with Gasteiger partial charge in [0.2, 0.25) is 0 Å². The number of aliphatic imine (C=N–C) groups is 2. The molecule has 0 saturated heterocycles. The summed E-state index contributed by atoms with van der Waals surface area (Å²) in [7, 11) is 0. The summed E-state index contributed by atoms with van der Waals surface area (Å²) in [5.74, 6) is 0.803. The summed E-state index contributed by atoms with van der Waals surface area (Å²) in [6.45, 7) is 4.14. The molecule has 0 aliphatic carbocycles. The van der Waals surface area contributed by atoms with Gasteiger partial charge < -0.3 is 5.32 Å². The zero-order valence-corrected chi connectivity index (χ0v) is 15.0. The van der Waals surface area contributed by atoms with Crippen molar-refractivity contribution < 1.29 is 0 Å². The van der Waals surface area contributed by atoms with Crippen molar-refractivity contribution in [3.05, 3.63) is 102 Å². The minimum absolute atomic E-state index is 0.628. The smallest absolute Gasteiger partial charge is 0.176 e. The van der Waals surface area contributed by atoms with E-state index in [9.17, 15) is 0 Å². The van der Waals surface area contributed by atoms with Gasteiger partial charge in [0, 0.05) is 16.8 Å². The van der Waals surface area contributed by atoms with Crippen molar-refractivity contribution in [1.29, 1.82) is 0 Å². The zero-order chi connectivity index (χ0) is 18.0. The molecule has 1 N–H and O–H groups in total. The molecule has 3 aromatic rings. The summed E-state index contributed by atoms with van der Waals surface area (Å²) >= 11 is 0. The van der Waals surface area contributed by atoms with Crippen molar-refractivity contribution in [2.75, 3.05) is 5.32 Å². The number of anilines is 1. The molecule has 26 heavy (non-hydrogen) atoms. The molecule has 0 saturated carbocycles. The number of rotatable bonds is 3. The molecule has 1 aliphatic heterocycles. The third-order valence-electron chi connectivity index (χ3n) is 4.65. The number of amidine groups is 1. The predicted octanol–water partition coefficient (Wildman–Crippen LogP) is 5.18. The van der Waals surface area contributed by atoms with Crippen LogP contribution in [0.3, 0.4) is 0 Å². The lowest BCUT2D eigenvalue weighted by atomic mass is 10.0. The lowest BCUT2D eigenvalue weighted by Gasteiger charge is -2.17. The van der Waals surface area contributed by atoms with Crippen LogP contribution in [0.4, 0.5) is 5.69 Å². The van der Waals surface area contributed by atoms with Crippen molar-refractivity contribution in [2.45, 2.75) is 19.5 Å². The summed E-state index contributed by atoms with van der Waals surface area (Å²) < 4.78 is 0. The van der Waals surface area contributed by atoms with Crippen LogP contribution in [0, 0.1) is 6.92 Å². The first-order chi connectivity index (χ1) is 12.7. The molecule has 1 atom stereocenters. The first-order valence-electron chi connectivity index (χ1n) is 8.79. The summed E-state index contributed by atoms with van der Waals surface area (Å²) in [6, 6.07) is 28.7. The van der Waals surface area contributed by atoms with Gasteiger partial charge in [-0.3, -0.25) is 0 Å². The number of hydrogen-bond acceptors (Lipinski definition) is 3. The van der Waals surface area contributed by atoms with Crippen LogP contribution in [0.15, 0.2) is 94.9 Å². The average molecular weight is 339 g/mol. The van der Waals surface area contributed by atoms with Crippen LogP contribution in [0.25, 0.3) is 0 Å². The monoisotopic (exact) mass is 339 g/mol. The fourth-order valence-corrected chi connectivity index (χ4v) is 3.17. The van der Waals surface area contributed by atoms with Gasteiger partial charge in [-0.15, -0.1) is 0 Å². The second kappa shape index (κ2) is 6.60. The number of nitrogens with zero attached hydrogens (tertiary/aromatic N) is 2. The van der Waals surface area contributed by atoms with E-state index in [-0.39, 0.29) is 0 Å². The highest BCUT2D eigenvalue weighted by Crippen LogP contribution is 2.33. The average Bonchev–Trinajstić information content (AvgIpc) is 3.03. The topological polar surface area (TPSA) is 36.8 Å². The van der Waals surface area contributed by atoms with E-state index >= 15 is 0 Å². The normalized spacial score (nSPS) is 19.0. The van der Waals surface area contributed by atoms with Gasteiger partial charge in [0.15, 0.2) is 11.5 Å². The standard InChI is InChI=1S/C23H21N3/c1-17-11-9-10-16-20(17)24-22-21(18-12-5-3-6-13-18)25-23(2,26-22)19-14-7-4-8-15-19/h3-16H,1-2H3,(H,24,26). The first-order valence-corrected chi connectivity index (χ1v) is 8.79. The predicted molar refractivity (Wildman–Crippen MR) is 109 cm³/mol. The highest BCUT2D eigenvalue weighted by atomic mass is 15.2. The minimum atomic E-state index is -0.628. The van der Waals surface area contributed by atoms with Gasteiger partial charge in [0.25, 0.3) is 0 Å². The molecular weight excluding hydrogens is 318 g/mol. The summed E-state index contributed by atoms with van der Waals surface area (Å²) in [5.41, 5.74) is 4.63. The number of hydrogen-bond donors (Lipinski definition) is 1. The van der Waals surface area contributed by atoms with E-state index < -0.39 is 5.66 Å². The largest absolute Gasteiger partial charge is 0.338 e. The van der Waals surface area contributed by atoms with E-state index in [1.807, 2.05) is 48.5 Å². The molecule has 1 aliphatic rings. The van der Waals surface area contributed by atoms with E-state index in [0.29, 0.717) is 0 Å². The Morgan fingerprint density at radius 3 is 2.04 bits per heavy atom. The molecule has 1 unspecified atom stereocenters. The summed E-state index contributed by atoms with van der Waals surface area (Å²) in [4.78, 5) is 10.0. The van der Waals surface area contributed by atoms with Crippen LogP contribution < -0.4 is 5.32 Å². The van der Waals surface area contributed by atoms with Gasteiger partial charge in [-0.1, -0.05) is 78.9 Å². The number of nitrogens with one attached hydrogen (secondary N) is 1. The maximum atomic E-state index is 5.02. The third-order valence-corrected chi connectivity index (χ3v) is 4.65. The quantitative estimate of drug-likeness (QED) is 0.701. The first kappa shape index (κ1) is 16.3. The fourth-order valence-electron chi connectivity index (χ4n) is 3.17. The highest BCUT2D eigenvalue weighted by molar-refractivity contribution is 6.52. The van der Waals surface area contributed by atoms with Gasteiger partial charge in [-0.05, 0) is 25.5 Å². The molecule has 3 heteroatoms. The molecule has 3 aromatic carbocycles. The van der Waals surface area contributed by atoms with Crippen molar-refractivity contribution in [3.8, 4) is 0 Å². The van der Waals surface area contributed by atoms with Crippen LogP contribution in [0.5, 0.6) is 0 Å². The lowest BCUT2D eigenvalue weighted by molar-refractivity contribution is 0.541. The van der Waals surface area contributed by atoms with E-state index in [0.717, 1.165) is 28.4 Å². The second-order valence-electron chi connectivity index (χ2n) is 6.61. The van der Waals surface area contributed by atoms with Crippen LogP contribution in [0.1, 0.15) is 23.6 Å². The van der Waals surface area contributed by atoms with Gasteiger partial charge in [0.05, 0.1) is 0 Å². The van der Waals surface area contributed by atoms with Gasteiger partial charge in [-0.25, -0.2) is 9.98 Å². The van der Waals surface area contributed by atoms with E-state index in [1.54, 1.807) is 0 Å². The molecule has 0 aromatic heterocycles. The van der Waals surface area contributed by atoms with Crippen LogP contribution in [0.2, 0.25) is 0 Å². The molecule has 0 spiro atoms. The molecule has 0 radical (unpaired) electrons. The van der Waals surface area contributed by atoms with Crippen molar-refractivity contribution >= 4 is 17.2 Å². The van der Waals surface area contributed by atoms with Crippen molar-refractivity contribution in [1.82, 2.24) is 0 Å².